The smallest absolute Gasteiger partial charge is 0.246 e. The van der Waals surface area contributed by atoms with Crippen LogP contribution in [0.4, 0.5) is 4.39 Å². The van der Waals surface area contributed by atoms with Crippen LogP contribution in [0.15, 0.2) is 24.3 Å². The number of carbonyl (C=O) groups is 1. The predicted octanol–water partition coefficient (Wildman–Crippen LogP) is 2.48. The highest BCUT2D eigenvalue weighted by Crippen LogP contribution is 2.20. The monoisotopic (exact) mass is 283 g/mol. The number of piperidine rings is 1. The third-order valence-electron chi connectivity index (χ3n) is 3.10. The highest BCUT2D eigenvalue weighted by molar-refractivity contribution is 6.32. The number of rotatable bonds is 2. The number of benzene rings is 1. The molecular weight excluding hydrogens is 269 g/mol. The van der Waals surface area contributed by atoms with Gasteiger partial charge in [0.25, 0.3) is 0 Å². The van der Waals surface area contributed by atoms with Gasteiger partial charge in [0, 0.05) is 24.7 Å². The third kappa shape index (κ3) is 3.55. The molecule has 19 heavy (non-hydrogen) atoms. The lowest BCUT2D eigenvalue weighted by Crippen LogP contribution is -2.41. The van der Waals surface area contributed by atoms with Crippen molar-refractivity contribution in [2.75, 3.05) is 13.1 Å². The lowest BCUT2D eigenvalue weighted by molar-refractivity contribution is -0.128. The summed E-state index contributed by atoms with van der Waals surface area (Å²) in [5, 5.41) is 9.77. The van der Waals surface area contributed by atoms with Gasteiger partial charge >= 0.3 is 0 Å². The molecule has 1 heterocycles. The van der Waals surface area contributed by atoms with Crippen LogP contribution in [-0.4, -0.2) is 35.1 Å². The largest absolute Gasteiger partial charge is 0.391 e. The standard InChI is InChI=1S/C14H15ClFNO2/c15-12-4-1-5-13(16)11(12)6-7-14(19)17-8-2-3-10(18)9-17/h1,4-7,10,18H,2-3,8-9H2/b7-6+/t10-/m0/s1. The molecule has 0 radical (unpaired) electrons. The Morgan fingerprint density at radius 2 is 2.32 bits per heavy atom. The van der Waals surface area contributed by atoms with Crippen molar-refractivity contribution in [1.82, 2.24) is 4.90 Å². The second kappa shape index (κ2) is 6.17. The molecule has 0 bridgehead atoms. The van der Waals surface area contributed by atoms with Crippen LogP contribution in [0.2, 0.25) is 5.02 Å². The van der Waals surface area contributed by atoms with Crippen molar-refractivity contribution in [3.63, 3.8) is 0 Å². The number of carbonyl (C=O) groups excluding carboxylic acids is 1. The van der Waals surface area contributed by atoms with Crippen molar-refractivity contribution in [3.8, 4) is 0 Å². The maximum absolute atomic E-state index is 13.5. The average Bonchev–Trinajstić information content (AvgIpc) is 2.38. The van der Waals surface area contributed by atoms with Gasteiger partial charge in [-0.15, -0.1) is 0 Å². The van der Waals surface area contributed by atoms with E-state index in [0.717, 1.165) is 6.42 Å². The number of aliphatic hydroxyl groups excluding tert-OH is 1. The molecule has 1 amide bonds. The molecule has 1 saturated heterocycles. The van der Waals surface area contributed by atoms with Crippen LogP contribution in [-0.2, 0) is 4.79 Å². The van der Waals surface area contributed by atoms with Crippen LogP contribution in [0.3, 0.4) is 0 Å². The van der Waals surface area contributed by atoms with E-state index in [1.807, 2.05) is 0 Å². The Kier molecular flexibility index (Phi) is 4.56. The van der Waals surface area contributed by atoms with E-state index in [9.17, 15) is 14.3 Å². The first-order valence-electron chi connectivity index (χ1n) is 6.17. The summed E-state index contributed by atoms with van der Waals surface area (Å²) in [4.78, 5) is 13.5. The molecule has 1 aromatic carbocycles. The Morgan fingerprint density at radius 1 is 1.53 bits per heavy atom. The molecule has 1 aromatic rings. The van der Waals surface area contributed by atoms with Crippen molar-refractivity contribution in [1.29, 1.82) is 0 Å². The fourth-order valence-corrected chi connectivity index (χ4v) is 2.31. The molecule has 1 N–H and O–H groups in total. The molecule has 1 atom stereocenters. The normalized spacial score (nSPS) is 19.9. The Hall–Kier alpha value is -1.39. The Bertz CT molecular complexity index is 484. The van der Waals surface area contributed by atoms with Gasteiger partial charge in [0.2, 0.25) is 5.91 Å². The van der Waals surface area contributed by atoms with Gasteiger partial charge in [-0.2, -0.15) is 0 Å². The van der Waals surface area contributed by atoms with E-state index in [-0.39, 0.29) is 16.5 Å². The molecule has 5 heteroatoms. The topological polar surface area (TPSA) is 40.5 Å². The predicted molar refractivity (Wildman–Crippen MR) is 72.3 cm³/mol. The van der Waals surface area contributed by atoms with Crippen LogP contribution < -0.4 is 0 Å². The van der Waals surface area contributed by atoms with E-state index < -0.39 is 11.9 Å². The van der Waals surface area contributed by atoms with Gasteiger partial charge in [-0.25, -0.2) is 4.39 Å². The van der Waals surface area contributed by atoms with Gasteiger partial charge in [-0.05, 0) is 31.1 Å². The highest BCUT2D eigenvalue weighted by atomic mass is 35.5. The zero-order chi connectivity index (χ0) is 13.8. The molecule has 0 unspecified atom stereocenters. The summed E-state index contributed by atoms with van der Waals surface area (Å²) in [6.45, 7) is 0.944. The van der Waals surface area contributed by atoms with Crippen LogP contribution >= 0.6 is 11.6 Å². The second-order valence-electron chi connectivity index (χ2n) is 4.55. The Morgan fingerprint density at radius 3 is 3.00 bits per heavy atom. The van der Waals surface area contributed by atoms with Crippen LogP contribution in [0.25, 0.3) is 6.08 Å². The van der Waals surface area contributed by atoms with Crippen molar-refractivity contribution in [3.05, 3.63) is 40.7 Å². The fourth-order valence-electron chi connectivity index (χ4n) is 2.08. The van der Waals surface area contributed by atoms with E-state index in [2.05, 4.69) is 0 Å². The third-order valence-corrected chi connectivity index (χ3v) is 3.43. The molecule has 0 aliphatic carbocycles. The maximum atomic E-state index is 13.5. The van der Waals surface area contributed by atoms with E-state index in [1.54, 1.807) is 11.0 Å². The number of hydrogen-bond donors (Lipinski definition) is 1. The van der Waals surface area contributed by atoms with Gasteiger partial charge in [-0.3, -0.25) is 4.79 Å². The summed E-state index contributed by atoms with van der Waals surface area (Å²) in [5.41, 5.74) is 0.204. The van der Waals surface area contributed by atoms with Gasteiger partial charge in [0.15, 0.2) is 0 Å². The summed E-state index contributed by atoms with van der Waals surface area (Å²) >= 11 is 5.87. The Balaban J connectivity index is 2.08. The number of nitrogens with zero attached hydrogens (tertiary/aromatic N) is 1. The van der Waals surface area contributed by atoms with Gasteiger partial charge < -0.3 is 10.0 Å². The van der Waals surface area contributed by atoms with Gasteiger partial charge in [0.1, 0.15) is 5.82 Å². The van der Waals surface area contributed by atoms with Crippen molar-refractivity contribution in [2.45, 2.75) is 18.9 Å². The highest BCUT2D eigenvalue weighted by Gasteiger charge is 2.20. The average molecular weight is 284 g/mol. The molecule has 0 spiro atoms. The molecule has 1 fully saturated rings. The number of amides is 1. The molecule has 0 aromatic heterocycles. The number of likely N-dealkylation sites (tertiary alicyclic amines) is 1. The number of halogens is 2. The summed E-state index contributed by atoms with van der Waals surface area (Å²) in [6, 6.07) is 4.37. The molecule has 2 rings (SSSR count). The molecule has 102 valence electrons. The quantitative estimate of drug-likeness (QED) is 0.847. The zero-order valence-corrected chi connectivity index (χ0v) is 11.1. The first kappa shape index (κ1) is 14.0. The number of aliphatic hydroxyl groups is 1. The molecule has 1 aliphatic rings. The molecule has 0 saturated carbocycles. The van der Waals surface area contributed by atoms with Gasteiger partial charge in [0.05, 0.1) is 11.1 Å². The van der Waals surface area contributed by atoms with Crippen molar-refractivity contribution >= 4 is 23.6 Å². The maximum Gasteiger partial charge on any atom is 0.246 e. The van der Waals surface area contributed by atoms with Gasteiger partial charge in [-0.1, -0.05) is 17.7 Å². The minimum Gasteiger partial charge on any atom is -0.391 e. The Labute approximate surface area is 116 Å². The minimum absolute atomic E-state index is 0.204. The summed E-state index contributed by atoms with van der Waals surface area (Å²) in [7, 11) is 0. The lowest BCUT2D eigenvalue weighted by Gasteiger charge is -2.29. The van der Waals surface area contributed by atoms with Crippen LogP contribution in [0.5, 0.6) is 0 Å². The number of β-amino-alcohol motifs (C(OH)–C–C–N with tert-alkyl or cyclic N) is 1. The fraction of sp³-hybridized carbons (Fsp3) is 0.357. The SMILES string of the molecule is O=C(/C=C/c1c(F)cccc1Cl)N1CCC[C@H](O)C1. The van der Waals surface area contributed by atoms with Crippen molar-refractivity contribution < 1.29 is 14.3 Å². The summed E-state index contributed by atoms with van der Waals surface area (Å²) in [5.74, 6) is -0.701. The zero-order valence-electron chi connectivity index (χ0n) is 10.4. The molecular formula is C14H15ClFNO2. The molecule has 3 nitrogen and oxygen atoms in total. The summed E-state index contributed by atoms with van der Waals surface area (Å²) in [6.07, 6.45) is 3.69. The first-order chi connectivity index (χ1) is 9.08. The number of hydrogen-bond acceptors (Lipinski definition) is 2. The first-order valence-corrected chi connectivity index (χ1v) is 6.55. The van der Waals surface area contributed by atoms with E-state index in [1.165, 1.54) is 24.3 Å². The molecule has 1 aliphatic heterocycles. The van der Waals surface area contributed by atoms with E-state index in [0.29, 0.717) is 19.5 Å². The lowest BCUT2D eigenvalue weighted by atomic mass is 10.1. The summed E-state index contributed by atoms with van der Waals surface area (Å²) < 4.78 is 13.5. The van der Waals surface area contributed by atoms with Crippen LogP contribution in [0, 0.1) is 5.82 Å². The minimum atomic E-state index is -0.469. The van der Waals surface area contributed by atoms with E-state index in [4.69, 9.17) is 11.6 Å². The van der Waals surface area contributed by atoms with Crippen molar-refractivity contribution in [2.24, 2.45) is 0 Å². The second-order valence-corrected chi connectivity index (χ2v) is 4.96. The van der Waals surface area contributed by atoms with E-state index >= 15 is 0 Å². The van der Waals surface area contributed by atoms with Crippen LogP contribution in [0.1, 0.15) is 18.4 Å².